The van der Waals surface area contributed by atoms with Crippen LogP contribution in [0.25, 0.3) is 0 Å². The predicted molar refractivity (Wildman–Crippen MR) is 122 cm³/mol. The number of urea groups is 1. The molecule has 2 aliphatic rings. The molecule has 172 valence electrons. The van der Waals surface area contributed by atoms with Crippen molar-refractivity contribution in [3.63, 3.8) is 0 Å². The summed E-state index contributed by atoms with van der Waals surface area (Å²) < 4.78 is 43.1. The fourth-order valence-electron chi connectivity index (χ4n) is 4.38. The second-order valence-corrected chi connectivity index (χ2v) is 12.4. The molecule has 1 aromatic carbocycles. The number of hydrogen-bond donors (Lipinski definition) is 3. The van der Waals surface area contributed by atoms with E-state index in [-0.39, 0.29) is 15.2 Å². The zero-order valence-corrected chi connectivity index (χ0v) is 19.9. The molecule has 0 radical (unpaired) electrons. The molecule has 0 fully saturated rings. The maximum atomic E-state index is 13.0. The number of benzene rings is 1. The van der Waals surface area contributed by atoms with Crippen molar-refractivity contribution in [1.82, 2.24) is 9.71 Å². The number of anilines is 1. The summed E-state index contributed by atoms with van der Waals surface area (Å²) in [5.74, 6) is 0. The van der Waals surface area contributed by atoms with Crippen LogP contribution in [0.15, 0.2) is 38.4 Å². The topological polar surface area (TPSA) is 144 Å². The first-order chi connectivity index (χ1) is 14.9. The van der Waals surface area contributed by atoms with Gasteiger partial charge in [0.1, 0.15) is 9.92 Å². The summed E-state index contributed by atoms with van der Waals surface area (Å²) in [5, 5.41) is 8.71. The minimum absolute atomic E-state index is 0.0460. The molecule has 0 bridgehead atoms. The number of nitrogens with one attached hydrogen (secondary N) is 2. The van der Waals surface area contributed by atoms with E-state index in [1.807, 2.05) is 0 Å². The van der Waals surface area contributed by atoms with Gasteiger partial charge in [0, 0.05) is 11.1 Å². The van der Waals surface area contributed by atoms with E-state index in [1.165, 1.54) is 25.2 Å². The van der Waals surface area contributed by atoms with Crippen LogP contribution in [0.4, 0.5) is 10.5 Å². The Labute approximate surface area is 188 Å². The van der Waals surface area contributed by atoms with Gasteiger partial charge in [0.05, 0.1) is 21.2 Å². The van der Waals surface area contributed by atoms with Crippen LogP contribution in [0.5, 0.6) is 0 Å². The molecule has 0 saturated carbocycles. The van der Waals surface area contributed by atoms with Crippen LogP contribution < -0.4 is 15.2 Å². The summed E-state index contributed by atoms with van der Waals surface area (Å²) in [6, 6.07) is 4.47. The molecule has 0 aliphatic heterocycles. The van der Waals surface area contributed by atoms with Gasteiger partial charge in [0.25, 0.3) is 0 Å². The molecule has 2 aliphatic carbocycles. The Bertz CT molecular complexity index is 1340. The SMILES string of the molecule is CNS(=O)(=O)c1cccc(S(N)(=O)=NC(=O)Nc2c3c(nc4c2CCC4(C)C)CCC3)c1. The lowest BCUT2D eigenvalue weighted by Gasteiger charge is -2.20. The second kappa shape index (κ2) is 7.91. The van der Waals surface area contributed by atoms with Crippen LogP contribution in [0.1, 0.15) is 49.2 Å². The van der Waals surface area contributed by atoms with Gasteiger partial charge in [-0.3, -0.25) is 4.98 Å². The summed E-state index contributed by atoms with van der Waals surface area (Å²) in [7, 11) is -6.16. The van der Waals surface area contributed by atoms with Crippen LogP contribution in [-0.4, -0.2) is 30.7 Å². The molecule has 4 rings (SSSR count). The normalized spacial score (nSPS) is 18.5. The van der Waals surface area contributed by atoms with Crippen molar-refractivity contribution in [2.75, 3.05) is 12.4 Å². The highest BCUT2D eigenvalue weighted by Gasteiger charge is 2.36. The molecule has 1 aromatic heterocycles. The molecule has 1 unspecified atom stereocenters. The fourth-order valence-corrected chi connectivity index (χ4v) is 6.20. The number of hydrogen-bond acceptors (Lipinski definition) is 5. The Hall–Kier alpha value is -2.34. The van der Waals surface area contributed by atoms with Crippen molar-refractivity contribution >= 4 is 31.7 Å². The van der Waals surface area contributed by atoms with E-state index in [9.17, 15) is 17.4 Å². The Morgan fingerprint density at radius 1 is 1.12 bits per heavy atom. The lowest BCUT2D eigenvalue weighted by molar-refractivity contribution is 0.260. The highest BCUT2D eigenvalue weighted by Crippen LogP contribution is 2.44. The van der Waals surface area contributed by atoms with Gasteiger partial charge in [-0.05, 0) is 68.5 Å². The molecule has 1 heterocycles. The molecular weight excluding hydrogens is 450 g/mol. The van der Waals surface area contributed by atoms with E-state index >= 15 is 0 Å². The van der Waals surface area contributed by atoms with Crippen LogP contribution >= 0.6 is 0 Å². The van der Waals surface area contributed by atoms with Crippen molar-refractivity contribution in [2.45, 2.75) is 61.2 Å². The first-order valence-corrected chi connectivity index (χ1v) is 13.5. The number of fused-ring (bicyclic) bond motifs is 2. The number of nitrogens with two attached hydrogens (primary N) is 1. The van der Waals surface area contributed by atoms with Gasteiger partial charge in [-0.2, -0.15) is 0 Å². The largest absolute Gasteiger partial charge is 0.354 e. The number of amides is 2. The number of aromatic nitrogens is 1. The highest BCUT2D eigenvalue weighted by atomic mass is 32.2. The molecule has 4 N–H and O–H groups in total. The molecule has 0 spiro atoms. The molecule has 9 nitrogen and oxygen atoms in total. The fraction of sp³-hybridized carbons (Fsp3) is 0.429. The Kier molecular flexibility index (Phi) is 5.64. The minimum atomic E-state index is -3.76. The van der Waals surface area contributed by atoms with Crippen molar-refractivity contribution in [1.29, 1.82) is 0 Å². The van der Waals surface area contributed by atoms with Gasteiger partial charge in [0.2, 0.25) is 10.0 Å². The maximum Gasteiger partial charge on any atom is 0.354 e. The lowest BCUT2D eigenvalue weighted by atomic mass is 9.90. The Morgan fingerprint density at radius 3 is 2.56 bits per heavy atom. The lowest BCUT2D eigenvalue weighted by Crippen LogP contribution is -2.21. The zero-order chi connectivity index (χ0) is 23.3. The number of sulfonamides is 1. The van der Waals surface area contributed by atoms with Gasteiger partial charge in [-0.25, -0.2) is 27.3 Å². The average Bonchev–Trinajstić information content (AvgIpc) is 3.32. The van der Waals surface area contributed by atoms with Crippen molar-refractivity contribution in [3.05, 3.63) is 46.8 Å². The summed E-state index contributed by atoms with van der Waals surface area (Å²) >= 11 is 0. The summed E-state index contributed by atoms with van der Waals surface area (Å²) in [4.78, 5) is 17.5. The van der Waals surface area contributed by atoms with Gasteiger partial charge >= 0.3 is 6.03 Å². The van der Waals surface area contributed by atoms with Crippen LogP contribution in [0, 0.1) is 0 Å². The standard InChI is InChI=1S/C21H27N5O4S2/c1-21(2)11-10-16-18(15-8-5-9-17(15)24-19(16)21)25-20(27)26-31(22,28)13-6-4-7-14(12-13)32(29,30)23-3/h4,6-7,12,23H,5,8-11H2,1-3H3,(H3,22,24,25,26,27,28). The van der Waals surface area contributed by atoms with E-state index in [2.05, 4.69) is 28.2 Å². The first-order valence-electron chi connectivity index (χ1n) is 10.4. The molecular formula is C21H27N5O4S2. The number of nitrogens with zero attached hydrogens (tertiary/aromatic N) is 2. The van der Waals surface area contributed by atoms with Crippen molar-refractivity contribution in [3.8, 4) is 0 Å². The van der Waals surface area contributed by atoms with Crippen molar-refractivity contribution < 1.29 is 17.4 Å². The Balaban J connectivity index is 1.71. The summed E-state index contributed by atoms with van der Waals surface area (Å²) in [6.45, 7) is 4.28. The van der Waals surface area contributed by atoms with E-state index in [0.717, 1.165) is 60.7 Å². The van der Waals surface area contributed by atoms with Crippen LogP contribution in [0.3, 0.4) is 0 Å². The third kappa shape index (κ3) is 4.05. The monoisotopic (exact) mass is 477 g/mol. The molecule has 2 amide bonds. The molecule has 0 saturated heterocycles. The second-order valence-electron chi connectivity index (χ2n) is 8.75. The number of pyridine rings is 1. The molecule has 2 aromatic rings. The average molecular weight is 478 g/mol. The summed E-state index contributed by atoms with van der Waals surface area (Å²) in [5.41, 5.74) is 4.63. The van der Waals surface area contributed by atoms with E-state index in [0.29, 0.717) is 5.69 Å². The Morgan fingerprint density at radius 2 is 1.84 bits per heavy atom. The predicted octanol–water partition coefficient (Wildman–Crippen LogP) is 2.63. The zero-order valence-electron chi connectivity index (χ0n) is 18.3. The highest BCUT2D eigenvalue weighted by molar-refractivity contribution is 7.92. The van der Waals surface area contributed by atoms with Gasteiger partial charge < -0.3 is 5.32 Å². The van der Waals surface area contributed by atoms with Gasteiger partial charge in [-0.1, -0.05) is 19.9 Å². The quantitative estimate of drug-likeness (QED) is 0.620. The van der Waals surface area contributed by atoms with E-state index in [1.54, 1.807) is 0 Å². The molecule has 11 heteroatoms. The number of aryl methyl sites for hydroxylation is 1. The van der Waals surface area contributed by atoms with E-state index in [4.69, 9.17) is 10.1 Å². The van der Waals surface area contributed by atoms with Crippen LogP contribution in [-0.2, 0) is 44.6 Å². The first kappa shape index (κ1) is 22.8. The maximum absolute atomic E-state index is 13.0. The number of rotatable bonds is 4. The smallest absolute Gasteiger partial charge is 0.305 e. The van der Waals surface area contributed by atoms with E-state index < -0.39 is 26.0 Å². The number of carbonyl (C=O) groups excluding carboxylic acids is 1. The van der Waals surface area contributed by atoms with Gasteiger partial charge in [-0.15, -0.1) is 4.36 Å². The number of carbonyl (C=O) groups is 1. The third-order valence-corrected chi connectivity index (χ3v) is 8.92. The molecule has 1 atom stereocenters. The van der Waals surface area contributed by atoms with Crippen LogP contribution in [0.2, 0.25) is 0 Å². The van der Waals surface area contributed by atoms with Gasteiger partial charge in [0.15, 0.2) is 0 Å². The third-order valence-electron chi connectivity index (χ3n) is 6.14. The molecule has 32 heavy (non-hydrogen) atoms. The van der Waals surface area contributed by atoms with Crippen molar-refractivity contribution in [2.24, 2.45) is 9.50 Å². The minimum Gasteiger partial charge on any atom is -0.305 e. The summed E-state index contributed by atoms with van der Waals surface area (Å²) in [6.07, 6.45) is 4.36.